The lowest BCUT2D eigenvalue weighted by Gasteiger charge is -2.20. The Balaban J connectivity index is 1.93. The summed E-state index contributed by atoms with van der Waals surface area (Å²) in [5.74, 6) is 0.572. The first kappa shape index (κ1) is 22.4. The number of carbonyl (C=O) groups is 1. The molecule has 2 aromatic carbocycles. The van der Waals surface area contributed by atoms with Crippen molar-refractivity contribution in [1.29, 1.82) is 0 Å². The van der Waals surface area contributed by atoms with Gasteiger partial charge in [0.05, 0.1) is 23.6 Å². The molecule has 0 radical (unpaired) electrons. The summed E-state index contributed by atoms with van der Waals surface area (Å²) >= 11 is 6.35. The lowest BCUT2D eigenvalue weighted by molar-refractivity contribution is 0.0989. The van der Waals surface area contributed by atoms with Crippen LogP contribution in [0.5, 0.6) is 11.5 Å². The molecule has 162 valence electrons. The van der Waals surface area contributed by atoms with Crippen LogP contribution in [0.15, 0.2) is 35.2 Å². The molecule has 1 aliphatic heterocycles. The molecule has 1 aliphatic rings. The molecule has 2 aromatic rings. The van der Waals surface area contributed by atoms with Crippen molar-refractivity contribution in [3.05, 3.63) is 46.5 Å². The zero-order valence-electron chi connectivity index (χ0n) is 17.4. The highest BCUT2D eigenvalue weighted by atomic mass is 35.5. The van der Waals surface area contributed by atoms with Crippen molar-refractivity contribution in [1.82, 2.24) is 4.31 Å². The van der Waals surface area contributed by atoms with E-state index in [0.29, 0.717) is 47.3 Å². The average molecular weight is 453 g/mol. The predicted octanol–water partition coefficient (Wildman–Crippen LogP) is 3.59. The Bertz CT molecular complexity index is 1070. The molecule has 7 nitrogen and oxygen atoms in total. The van der Waals surface area contributed by atoms with E-state index in [-0.39, 0.29) is 10.8 Å². The molecule has 0 bridgehead atoms. The summed E-state index contributed by atoms with van der Waals surface area (Å²) in [4.78, 5) is 15.0. The average Bonchev–Trinajstić information content (AvgIpc) is 3.14. The van der Waals surface area contributed by atoms with Gasteiger partial charge >= 0.3 is 0 Å². The number of hydrogen-bond donors (Lipinski definition) is 0. The largest absolute Gasteiger partial charge is 0.493 e. The molecule has 0 unspecified atom stereocenters. The lowest BCUT2D eigenvalue weighted by Crippen LogP contribution is -2.29. The van der Waals surface area contributed by atoms with E-state index in [9.17, 15) is 13.2 Å². The summed E-state index contributed by atoms with van der Waals surface area (Å²) in [7, 11) is 0.942. The number of rotatable bonds is 7. The van der Waals surface area contributed by atoms with E-state index >= 15 is 0 Å². The van der Waals surface area contributed by atoms with Gasteiger partial charge in [-0.1, -0.05) is 18.5 Å². The van der Waals surface area contributed by atoms with Crippen molar-refractivity contribution in [3.8, 4) is 11.5 Å². The number of anilines is 1. The Kier molecular flexibility index (Phi) is 6.59. The number of benzene rings is 2. The van der Waals surface area contributed by atoms with Crippen LogP contribution in [0.2, 0.25) is 5.02 Å². The summed E-state index contributed by atoms with van der Waals surface area (Å²) in [5.41, 5.74) is 1.88. The van der Waals surface area contributed by atoms with Gasteiger partial charge in [0, 0.05) is 31.9 Å². The van der Waals surface area contributed by atoms with Crippen molar-refractivity contribution < 1.29 is 22.7 Å². The Labute approximate surface area is 182 Å². The van der Waals surface area contributed by atoms with Gasteiger partial charge in [-0.25, -0.2) is 12.7 Å². The van der Waals surface area contributed by atoms with Gasteiger partial charge in [0.2, 0.25) is 10.0 Å². The smallest absolute Gasteiger partial charge is 0.258 e. The van der Waals surface area contributed by atoms with Gasteiger partial charge in [0.15, 0.2) is 11.5 Å². The lowest BCUT2D eigenvalue weighted by atomic mass is 10.1. The Hall–Kier alpha value is -2.29. The zero-order valence-corrected chi connectivity index (χ0v) is 19.0. The maximum Gasteiger partial charge on any atom is 0.258 e. The monoisotopic (exact) mass is 452 g/mol. The first-order valence-electron chi connectivity index (χ1n) is 9.58. The molecule has 0 atom stereocenters. The number of halogens is 1. The molecule has 0 aromatic heterocycles. The molecule has 0 saturated heterocycles. The standard InChI is InChI=1S/C21H25ClN2O5S/c1-5-10-29-20-17(22)12-15(13-19(20)28-4)21(25)24-9-8-14-11-16(6-7-18(14)24)30(26,27)23(2)3/h6-7,11-13H,5,8-10H2,1-4H3. The maximum atomic E-state index is 13.2. The van der Waals surface area contributed by atoms with Gasteiger partial charge in [-0.3, -0.25) is 4.79 Å². The van der Waals surface area contributed by atoms with Crippen LogP contribution in [0.25, 0.3) is 0 Å². The van der Waals surface area contributed by atoms with Crippen molar-refractivity contribution in [2.24, 2.45) is 0 Å². The predicted molar refractivity (Wildman–Crippen MR) is 116 cm³/mol. The molecule has 0 spiro atoms. The van der Waals surface area contributed by atoms with Gasteiger partial charge in [-0.05, 0) is 48.7 Å². The second-order valence-electron chi connectivity index (χ2n) is 7.12. The van der Waals surface area contributed by atoms with Crippen LogP contribution in [0.4, 0.5) is 5.69 Å². The second-order valence-corrected chi connectivity index (χ2v) is 9.68. The first-order chi connectivity index (χ1) is 14.2. The van der Waals surface area contributed by atoms with Gasteiger partial charge in [-0.2, -0.15) is 0 Å². The molecule has 3 rings (SSSR count). The van der Waals surface area contributed by atoms with Crippen LogP contribution >= 0.6 is 11.6 Å². The highest BCUT2D eigenvalue weighted by molar-refractivity contribution is 7.89. The quantitative estimate of drug-likeness (QED) is 0.641. The number of carbonyl (C=O) groups excluding carboxylic acids is 1. The van der Waals surface area contributed by atoms with Gasteiger partial charge in [0.25, 0.3) is 5.91 Å². The molecule has 0 aliphatic carbocycles. The summed E-state index contributed by atoms with van der Waals surface area (Å²) in [6, 6.07) is 8.01. The van der Waals surface area contributed by atoms with E-state index in [2.05, 4.69) is 0 Å². The molecule has 0 N–H and O–H groups in total. The molecule has 1 amide bonds. The molecule has 9 heteroatoms. The van der Waals surface area contributed by atoms with Crippen LogP contribution < -0.4 is 14.4 Å². The van der Waals surface area contributed by atoms with Crippen LogP contribution in [0.1, 0.15) is 29.3 Å². The van der Waals surface area contributed by atoms with Crippen LogP contribution in [-0.2, 0) is 16.4 Å². The summed E-state index contributed by atoms with van der Waals surface area (Å²) in [5, 5.41) is 0.304. The molecule has 0 saturated carbocycles. The van der Waals surface area contributed by atoms with E-state index < -0.39 is 10.0 Å². The third-order valence-electron chi connectivity index (χ3n) is 4.90. The van der Waals surface area contributed by atoms with Crippen molar-refractivity contribution in [2.45, 2.75) is 24.7 Å². The fourth-order valence-corrected chi connectivity index (χ4v) is 4.52. The molecule has 30 heavy (non-hydrogen) atoms. The Morgan fingerprint density at radius 3 is 2.60 bits per heavy atom. The van der Waals surface area contributed by atoms with E-state index in [1.807, 2.05) is 6.92 Å². The molecular formula is C21H25ClN2O5S. The number of ether oxygens (including phenoxy) is 2. The van der Waals surface area contributed by atoms with Crippen LogP contribution in [0, 0.1) is 0 Å². The molecular weight excluding hydrogens is 428 g/mol. The summed E-state index contributed by atoms with van der Waals surface area (Å²) < 4.78 is 37.0. The number of fused-ring (bicyclic) bond motifs is 1. The van der Waals surface area contributed by atoms with E-state index in [1.54, 1.807) is 29.2 Å². The number of sulfonamides is 1. The van der Waals surface area contributed by atoms with Crippen molar-refractivity contribution >= 4 is 33.2 Å². The minimum absolute atomic E-state index is 0.211. The van der Waals surface area contributed by atoms with Crippen LogP contribution in [0.3, 0.4) is 0 Å². The Morgan fingerprint density at radius 1 is 1.23 bits per heavy atom. The van der Waals surface area contributed by atoms with Gasteiger partial charge in [-0.15, -0.1) is 0 Å². The second kappa shape index (κ2) is 8.83. The molecule has 1 heterocycles. The third-order valence-corrected chi connectivity index (χ3v) is 6.99. The first-order valence-corrected chi connectivity index (χ1v) is 11.4. The zero-order chi connectivity index (χ0) is 22.1. The van der Waals surface area contributed by atoms with Gasteiger partial charge in [0.1, 0.15) is 0 Å². The third kappa shape index (κ3) is 4.12. The summed E-state index contributed by atoms with van der Waals surface area (Å²) in [6.45, 7) is 2.92. The fourth-order valence-electron chi connectivity index (χ4n) is 3.30. The fraction of sp³-hybridized carbons (Fsp3) is 0.381. The number of amides is 1. The minimum atomic E-state index is -3.53. The SMILES string of the molecule is CCCOc1c(Cl)cc(C(=O)N2CCc3cc(S(=O)(=O)N(C)C)ccc32)cc1OC. The highest BCUT2D eigenvalue weighted by Crippen LogP contribution is 2.38. The van der Waals surface area contributed by atoms with Crippen molar-refractivity contribution in [2.75, 3.05) is 39.3 Å². The van der Waals surface area contributed by atoms with Gasteiger partial charge < -0.3 is 14.4 Å². The van der Waals surface area contributed by atoms with Crippen molar-refractivity contribution in [3.63, 3.8) is 0 Å². The maximum absolute atomic E-state index is 13.2. The normalized spacial score (nSPS) is 13.5. The summed E-state index contributed by atoms with van der Waals surface area (Å²) in [6.07, 6.45) is 1.39. The van der Waals surface area contributed by atoms with E-state index in [4.69, 9.17) is 21.1 Å². The molecule has 0 fully saturated rings. The number of hydrogen-bond acceptors (Lipinski definition) is 5. The number of methoxy groups -OCH3 is 1. The number of nitrogens with zero attached hydrogens (tertiary/aromatic N) is 2. The van der Waals surface area contributed by atoms with E-state index in [0.717, 1.165) is 12.0 Å². The van der Waals surface area contributed by atoms with E-state index in [1.165, 1.54) is 31.6 Å². The highest BCUT2D eigenvalue weighted by Gasteiger charge is 2.29. The minimum Gasteiger partial charge on any atom is -0.493 e. The Morgan fingerprint density at radius 2 is 1.97 bits per heavy atom. The topological polar surface area (TPSA) is 76.2 Å². The van der Waals surface area contributed by atoms with Crippen LogP contribution in [-0.4, -0.2) is 53.0 Å².